The first kappa shape index (κ1) is 17.2. The third-order valence-corrected chi connectivity index (χ3v) is 7.47. The van der Waals surface area contributed by atoms with Crippen LogP contribution in [0.25, 0.3) is 0 Å². The van der Waals surface area contributed by atoms with Gasteiger partial charge in [0.15, 0.2) is 0 Å². The summed E-state index contributed by atoms with van der Waals surface area (Å²) in [5.41, 5.74) is 1.80. The molecule has 4 rings (SSSR count). The van der Waals surface area contributed by atoms with E-state index in [-0.39, 0.29) is 11.2 Å². The van der Waals surface area contributed by atoms with E-state index in [9.17, 15) is 4.39 Å². The van der Waals surface area contributed by atoms with Crippen LogP contribution in [0.1, 0.15) is 86.9 Å². The van der Waals surface area contributed by atoms with Crippen molar-refractivity contribution in [3.8, 4) is 0 Å². The molecule has 2 aliphatic rings. The zero-order chi connectivity index (χ0) is 17.3. The first-order chi connectivity index (χ1) is 12.2. The van der Waals surface area contributed by atoms with Crippen LogP contribution in [0.2, 0.25) is 0 Å². The van der Waals surface area contributed by atoms with Gasteiger partial charge in [0.25, 0.3) is 0 Å². The quantitative estimate of drug-likeness (QED) is 0.549. The van der Waals surface area contributed by atoms with Gasteiger partial charge in [-0.3, -0.25) is 0 Å². The monoisotopic (exact) mass is 357 g/mol. The van der Waals surface area contributed by atoms with Crippen LogP contribution in [0.5, 0.6) is 0 Å². The lowest BCUT2D eigenvalue weighted by Crippen LogP contribution is -2.25. The Bertz CT molecular complexity index is 716. The zero-order valence-electron chi connectivity index (χ0n) is 15.1. The van der Waals surface area contributed by atoms with E-state index in [0.717, 1.165) is 30.0 Å². The normalized spacial score (nSPS) is 26.5. The third kappa shape index (κ3) is 3.28. The molecule has 1 aromatic carbocycles. The molecule has 0 aliphatic heterocycles. The lowest BCUT2D eigenvalue weighted by molar-refractivity contribution is 0.476. The van der Waals surface area contributed by atoms with Gasteiger partial charge in [0.1, 0.15) is 5.82 Å². The highest BCUT2D eigenvalue weighted by Gasteiger charge is 2.41. The van der Waals surface area contributed by atoms with Gasteiger partial charge in [-0.2, -0.15) is 0 Å². The van der Waals surface area contributed by atoms with Crippen molar-refractivity contribution in [2.75, 3.05) is 0 Å². The van der Waals surface area contributed by atoms with Crippen LogP contribution >= 0.6 is 11.3 Å². The number of rotatable bonds is 3. The molecule has 0 bridgehead atoms. The molecule has 0 saturated heterocycles. The largest absolute Gasteiger partial charge is 0.245 e. The van der Waals surface area contributed by atoms with Gasteiger partial charge in [-0.25, -0.2) is 9.37 Å². The SMILES string of the molecule is CC1CCCC(c2nc(C3(c4ccccc4F)CCCC3)cs2)CC1. The Morgan fingerprint density at radius 2 is 1.84 bits per heavy atom. The van der Waals surface area contributed by atoms with Gasteiger partial charge in [0, 0.05) is 16.7 Å². The number of halogens is 1. The molecule has 2 unspecified atom stereocenters. The Labute approximate surface area is 154 Å². The van der Waals surface area contributed by atoms with E-state index in [1.807, 2.05) is 23.5 Å². The lowest BCUT2D eigenvalue weighted by atomic mass is 9.76. The van der Waals surface area contributed by atoms with Crippen molar-refractivity contribution in [3.63, 3.8) is 0 Å². The first-order valence-corrected chi connectivity index (χ1v) is 10.8. The second-order valence-electron chi connectivity index (χ2n) is 8.15. The van der Waals surface area contributed by atoms with Gasteiger partial charge in [-0.1, -0.05) is 57.2 Å². The average Bonchev–Trinajstić information content (AvgIpc) is 3.24. The molecule has 3 heteroatoms. The van der Waals surface area contributed by atoms with Gasteiger partial charge < -0.3 is 0 Å². The third-order valence-electron chi connectivity index (χ3n) is 6.47. The second kappa shape index (κ2) is 7.19. The highest BCUT2D eigenvalue weighted by atomic mass is 32.1. The predicted octanol–water partition coefficient (Wildman–Crippen LogP) is 6.83. The maximum Gasteiger partial charge on any atom is 0.127 e. The maximum atomic E-state index is 14.6. The molecule has 2 atom stereocenters. The topological polar surface area (TPSA) is 12.9 Å². The standard InChI is InChI=1S/C22H28FNS/c1-16-7-6-8-17(12-11-16)21-24-20(15-25-21)22(13-4-5-14-22)18-9-2-3-10-19(18)23/h2-3,9-10,15-17H,4-8,11-14H2,1H3. The van der Waals surface area contributed by atoms with Gasteiger partial charge in [-0.05, 0) is 43.2 Å². The van der Waals surface area contributed by atoms with E-state index >= 15 is 0 Å². The minimum atomic E-state index is -0.196. The second-order valence-corrected chi connectivity index (χ2v) is 9.04. The van der Waals surface area contributed by atoms with E-state index in [4.69, 9.17) is 4.98 Å². The Hall–Kier alpha value is -1.22. The predicted molar refractivity (Wildman–Crippen MR) is 103 cm³/mol. The Morgan fingerprint density at radius 1 is 1.04 bits per heavy atom. The molecule has 0 spiro atoms. The van der Waals surface area contributed by atoms with Crippen LogP contribution in [0.4, 0.5) is 4.39 Å². The van der Waals surface area contributed by atoms with Crippen molar-refractivity contribution in [2.24, 2.45) is 5.92 Å². The number of thiazole rings is 1. The fourth-order valence-electron chi connectivity index (χ4n) is 4.92. The summed E-state index contributed by atoms with van der Waals surface area (Å²) < 4.78 is 14.6. The van der Waals surface area contributed by atoms with Crippen molar-refractivity contribution in [1.29, 1.82) is 0 Å². The van der Waals surface area contributed by atoms with Crippen LogP contribution in [0.3, 0.4) is 0 Å². The molecule has 1 heterocycles. The van der Waals surface area contributed by atoms with E-state index in [1.54, 1.807) is 12.1 Å². The number of hydrogen-bond donors (Lipinski definition) is 0. The Balaban J connectivity index is 1.66. The summed E-state index contributed by atoms with van der Waals surface area (Å²) in [6.07, 6.45) is 10.9. The van der Waals surface area contributed by atoms with Crippen LogP contribution in [0, 0.1) is 11.7 Å². The molecule has 1 aromatic heterocycles. The molecular weight excluding hydrogens is 329 g/mol. The van der Waals surface area contributed by atoms with E-state index < -0.39 is 0 Å². The smallest absolute Gasteiger partial charge is 0.127 e. The summed E-state index contributed by atoms with van der Waals surface area (Å²) in [4.78, 5) is 5.12. The molecule has 0 radical (unpaired) electrons. The number of benzene rings is 1. The molecule has 134 valence electrons. The molecule has 0 N–H and O–H groups in total. The van der Waals surface area contributed by atoms with Crippen molar-refractivity contribution in [1.82, 2.24) is 4.98 Å². The molecule has 2 aromatic rings. The molecule has 2 aliphatic carbocycles. The molecule has 2 saturated carbocycles. The van der Waals surface area contributed by atoms with Crippen LogP contribution in [0.15, 0.2) is 29.6 Å². The lowest BCUT2D eigenvalue weighted by Gasteiger charge is -2.28. The average molecular weight is 358 g/mol. The van der Waals surface area contributed by atoms with Gasteiger partial charge >= 0.3 is 0 Å². The molecule has 25 heavy (non-hydrogen) atoms. The van der Waals surface area contributed by atoms with Crippen molar-refractivity contribution in [2.45, 2.75) is 76.0 Å². The summed E-state index contributed by atoms with van der Waals surface area (Å²) in [7, 11) is 0. The summed E-state index contributed by atoms with van der Waals surface area (Å²) in [6.45, 7) is 2.38. The minimum Gasteiger partial charge on any atom is -0.245 e. The Morgan fingerprint density at radius 3 is 2.64 bits per heavy atom. The van der Waals surface area contributed by atoms with Crippen molar-refractivity contribution < 1.29 is 4.39 Å². The van der Waals surface area contributed by atoms with Gasteiger partial charge in [0.05, 0.1) is 10.7 Å². The van der Waals surface area contributed by atoms with Crippen molar-refractivity contribution >= 4 is 11.3 Å². The number of nitrogens with zero attached hydrogens (tertiary/aromatic N) is 1. The molecule has 0 amide bonds. The van der Waals surface area contributed by atoms with Crippen molar-refractivity contribution in [3.05, 3.63) is 51.7 Å². The van der Waals surface area contributed by atoms with Crippen LogP contribution < -0.4 is 0 Å². The van der Waals surface area contributed by atoms with E-state index in [2.05, 4.69) is 12.3 Å². The maximum absolute atomic E-state index is 14.6. The highest BCUT2D eigenvalue weighted by molar-refractivity contribution is 7.09. The zero-order valence-corrected chi connectivity index (χ0v) is 16.0. The summed E-state index contributed by atoms with van der Waals surface area (Å²) in [5.74, 6) is 1.40. The van der Waals surface area contributed by atoms with Crippen LogP contribution in [-0.2, 0) is 5.41 Å². The number of hydrogen-bond acceptors (Lipinski definition) is 2. The fourth-order valence-corrected chi connectivity index (χ4v) is 6.01. The summed E-state index contributed by atoms with van der Waals surface area (Å²) >= 11 is 1.82. The molecular formula is C22H28FNS. The van der Waals surface area contributed by atoms with E-state index in [0.29, 0.717) is 5.92 Å². The minimum absolute atomic E-state index is 0.0674. The van der Waals surface area contributed by atoms with Crippen LogP contribution in [-0.4, -0.2) is 4.98 Å². The van der Waals surface area contributed by atoms with Gasteiger partial charge in [-0.15, -0.1) is 11.3 Å². The Kier molecular flexibility index (Phi) is 4.95. The first-order valence-electron chi connectivity index (χ1n) is 9.90. The van der Waals surface area contributed by atoms with E-state index in [1.165, 1.54) is 50.0 Å². The highest BCUT2D eigenvalue weighted by Crippen LogP contribution is 2.48. The number of aromatic nitrogens is 1. The fraction of sp³-hybridized carbons (Fsp3) is 0.591. The summed E-state index contributed by atoms with van der Waals surface area (Å²) in [6, 6.07) is 7.35. The molecule has 2 fully saturated rings. The van der Waals surface area contributed by atoms with Gasteiger partial charge in [0.2, 0.25) is 0 Å². The summed E-state index contributed by atoms with van der Waals surface area (Å²) in [5, 5.41) is 3.54. The molecule has 1 nitrogen and oxygen atoms in total.